The zero-order valence-corrected chi connectivity index (χ0v) is 13.4. The zero-order chi connectivity index (χ0) is 14.8. The highest BCUT2D eigenvalue weighted by molar-refractivity contribution is 7.10. The van der Waals surface area contributed by atoms with Gasteiger partial charge in [-0.05, 0) is 30.8 Å². The highest BCUT2D eigenvalue weighted by Gasteiger charge is 2.47. The molecule has 0 saturated carbocycles. The van der Waals surface area contributed by atoms with E-state index in [2.05, 4.69) is 35.0 Å². The van der Waals surface area contributed by atoms with Crippen LogP contribution in [0.25, 0.3) is 0 Å². The van der Waals surface area contributed by atoms with Crippen molar-refractivity contribution >= 4 is 11.3 Å². The molecule has 2 saturated heterocycles. The minimum absolute atomic E-state index is 0.114. The summed E-state index contributed by atoms with van der Waals surface area (Å²) in [5.74, 6) is -0.737. The van der Waals surface area contributed by atoms with E-state index in [1.165, 1.54) is 19.3 Å². The van der Waals surface area contributed by atoms with E-state index in [0.717, 1.165) is 17.0 Å². The maximum absolute atomic E-state index is 6.54. The van der Waals surface area contributed by atoms with Crippen LogP contribution in [0.3, 0.4) is 0 Å². The zero-order valence-electron chi connectivity index (χ0n) is 12.5. The first kappa shape index (κ1) is 14.4. The third-order valence-corrected chi connectivity index (χ3v) is 5.52. The fourth-order valence-corrected chi connectivity index (χ4v) is 4.26. The van der Waals surface area contributed by atoms with Crippen LogP contribution in [0, 0.1) is 0 Å². The van der Waals surface area contributed by atoms with Gasteiger partial charge in [-0.3, -0.25) is 0 Å². The molecule has 0 bridgehead atoms. The fourth-order valence-electron chi connectivity index (χ4n) is 3.42. The number of piperidine rings is 1. The van der Waals surface area contributed by atoms with Gasteiger partial charge in [-0.25, -0.2) is 0 Å². The molecule has 2 fully saturated rings. The van der Waals surface area contributed by atoms with Crippen LogP contribution >= 0.6 is 11.3 Å². The minimum Gasteiger partial charge on any atom is -0.339 e. The predicted octanol–water partition coefficient (Wildman–Crippen LogP) is 3.51. The molecule has 3 atom stereocenters. The van der Waals surface area contributed by atoms with E-state index in [-0.39, 0.29) is 6.10 Å². The summed E-state index contributed by atoms with van der Waals surface area (Å²) < 4.78 is 12.8. The van der Waals surface area contributed by atoms with Crippen LogP contribution < -0.4 is 5.32 Å². The van der Waals surface area contributed by atoms with Crippen LogP contribution in [-0.2, 0) is 15.3 Å². The van der Waals surface area contributed by atoms with Crippen molar-refractivity contribution in [2.24, 2.45) is 0 Å². The molecule has 2 aliphatic heterocycles. The number of hydrogen-bond acceptors (Lipinski definition) is 4. The smallest absolute Gasteiger partial charge is 0.232 e. The van der Waals surface area contributed by atoms with Gasteiger partial charge in [0.15, 0.2) is 0 Å². The third-order valence-electron chi connectivity index (χ3n) is 4.56. The molecule has 4 rings (SSSR count). The standard InChI is InChI=1S/C18H21NO2S/c1-2-7-14(8-3-1)18(17-10-6-12-22-17)20-13-16(21-18)15-9-4-5-11-19-15/h1-3,6-8,10,12,15-16,19H,4-5,9,11,13H2/t15?,16-,18?/m1/s1. The molecule has 1 aromatic heterocycles. The lowest BCUT2D eigenvalue weighted by Crippen LogP contribution is -2.45. The summed E-state index contributed by atoms with van der Waals surface area (Å²) in [6.07, 6.45) is 3.82. The Morgan fingerprint density at radius 3 is 2.73 bits per heavy atom. The van der Waals surface area contributed by atoms with Crippen molar-refractivity contribution in [1.29, 1.82) is 0 Å². The first-order valence-corrected chi connectivity index (χ1v) is 8.91. The highest BCUT2D eigenvalue weighted by Crippen LogP contribution is 2.43. The number of rotatable bonds is 3. The summed E-state index contributed by atoms with van der Waals surface area (Å²) >= 11 is 1.69. The predicted molar refractivity (Wildman–Crippen MR) is 88.0 cm³/mol. The van der Waals surface area contributed by atoms with Crippen molar-refractivity contribution in [3.05, 3.63) is 58.3 Å². The molecule has 0 spiro atoms. The molecule has 2 aromatic rings. The van der Waals surface area contributed by atoms with Crippen molar-refractivity contribution in [2.75, 3.05) is 13.2 Å². The van der Waals surface area contributed by atoms with Gasteiger partial charge in [0.05, 0.1) is 11.5 Å². The van der Waals surface area contributed by atoms with Crippen LogP contribution in [0.15, 0.2) is 47.8 Å². The van der Waals surface area contributed by atoms with E-state index < -0.39 is 5.79 Å². The molecule has 22 heavy (non-hydrogen) atoms. The van der Waals surface area contributed by atoms with E-state index in [4.69, 9.17) is 9.47 Å². The van der Waals surface area contributed by atoms with Gasteiger partial charge >= 0.3 is 0 Å². The van der Waals surface area contributed by atoms with Crippen LogP contribution in [-0.4, -0.2) is 25.3 Å². The number of thiophene rings is 1. The number of benzene rings is 1. The Morgan fingerprint density at radius 2 is 2.00 bits per heavy atom. The van der Waals surface area contributed by atoms with Gasteiger partial charge in [-0.2, -0.15) is 0 Å². The topological polar surface area (TPSA) is 30.5 Å². The van der Waals surface area contributed by atoms with Crippen molar-refractivity contribution in [2.45, 2.75) is 37.2 Å². The summed E-state index contributed by atoms with van der Waals surface area (Å²) in [5, 5.41) is 5.68. The second kappa shape index (κ2) is 6.13. The highest BCUT2D eigenvalue weighted by atomic mass is 32.1. The number of ether oxygens (including phenoxy) is 2. The Morgan fingerprint density at radius 1 is 1.09 bits per heavy atom. The summed E-state index contributed by atoms with van der Waals surface area (Å²) in [5.41, 5.74) is 1.08. The first-order chi connectivity index (χ1) is 10.9. The molecule has 1 aromatic carbocycles. The maximum atomic E-state index is 6.54. The SMILES string of the molecule is c1ccc(C2(c3cccs3)OC[C@H](C3CCCCN3)O2)cc1. The number of hydrogen-bond donors (Lipinski definition) is 1. The lowest BCUT2D eigenvalue weighted by molar-refractivity contribution is -0.144. The lowest BCUT2D eigenvalue weighted by atomic mass is 10.00. The normalized spacial score (nSPS) is 32.2. The van der Waals surface area contributed by atoms with Crippen molar-refractivity contribution in [3.63, 3.8) is 0 Å². The molecular formula is C18H21NO2S. The Labute approximate surface area is 135 Å². The van der Waals surface area contributed by atoms with Gasteiger partial charge in [-0.15, -0.1) is 11.3 Å². The van der Waals surface area contributed by atoms with E-state index in [0.29, 0.717) is 12.6 Å². The van der Waals surface area contributed by atoms with Gasteiger partial charge in [0.25, 0.3) is 0 Å². The lowest BCUT2D eigenvalue weighted by Gasteiger charge is -2.31. The number of nitrogens with one attached hydrogen (secondary N) is 1. The van der Waals surface area contributed by atoms with Gasteiger partial charge < -0.3 is 14.8 Å². The maximum Gasteiger partial charge on any atom is 0.232 e. The van der Waals surface area contributed by atoms with Gasteiger partial charge in [0, 0.05) is 11.6 Å². The Balaban J connectivity index is 1.66. The fraction of sp³-hybridized carbons (Fsp3) is 0.444. The van der Waals surface area contributed by atoms with Crippen molar-refractivity contribution < 1.29 is 9.47 Å². The minimum atomic E-state index is -0.737. The quantitative estimate of drug-likeness (QED) is 0.940. The first-order valence-electron chi connectivity index (χ1n) is 8.03. The molecule has 0 amide bonds. The molecule has 0 radical (unpaired) electrons. The molecule has 3 heterocycles. The van der Waals surface area contributed by atoms with Crippen LogP contribution in [0.4, 0.5) is 0 Å². The molecule has 0 aliphatic carbocycles. The van der Waals surface area contributed by atoms with E-state index >= 15 is 0 Å². The summed E-state index contributed by atoms with van der Waals surface area (Å²) in [4.78, 5) is 1.12. The summed E-state index contributed by atoms with van der Waals surface area (Å²) in [6, 6.07) is 14.9. The second-order valence-electron chi connectivity index (χ2n) is 5.98. The molecule has 116 valence electrons. The van der Waals surface area contributed by atoms with Crippen LogP contribution in [0.2, 0.25) is 0 Å². The van der Waals surface area contributed by atoms with Crippen molar-refractivity contribution in [3.8, 4) is 0 Å². The van der Waals surface area contributed by atoms with Gasteiger partial charge in [0.1, 0.15) is 6.10 Å². The van der Waals surface area contributed by atoms with Gasteiger partial charge in [-0.1, -0.05) is 42.8 Å². The van der Waals surface area contributed by atoms with E-state index in [1.54, 1.807) is 11.3 Å². The van der Waals surface area contributed by atoms with Crippen LogP contribution in [0.1, 0.15) is 29.7 Å². The summed E-state index contributed by atoms with van der Waals surface area (Å²) in [7, 11) is 0. The van der Waals surface area contributed by atoms with Crippen LogP contribution in [0.5, 0.6) is 0 Å². The molecule has 1 N–H and O–H groups in total. The van der Waals surface area contributed by atoms with Gasteiger partial charge in [0.2, 0.25) is 5.79 Å². The molecule has 2 unspecified atom stereocenters. The molecule has 4 heteroatoms. The average molecular weight is 315 g/mol. The molecular weight excluding hydrogens is 294 g/mol. The van der Waals surface area contributed by atoms with Crippen molar-refractivity contribution in [1.82, 2.24) is 5.32 Å². The summed E-state index contributed by atoms with van der Waals surface area (Å²) in [6.45, 7) is 1.73. The largest absolute Gasteiger partial charge is 0.339 e. The monoisotopic (exact) mass is 315 g/mol. The van der Waals surface area contributed by atoms with E-state index in [9.17, 15) is 0 Å². The average Bonchev–Trinajstić information content (AvgIpc) is 3.27. The molecule has 3 nitrogen and oxygen atoms in total. The second-order valence-corrected chi connectivity index (χ2v) is 6.93. The Bertz CT molecular complexity index is 595. The Hall–Kier alpha value is -1.20. The molecule has 2 aliphatic rings. The van der Waals surface area contributed by atoms with E-state index in [1.807, 2.05) is 18.2 Å². The third kappa shape index (κ3) is 2.50. The Kier molecular flexibility index (Phi) is 4.01.